The van der Waals surface area contributed by atoms with E-state index in [1.807, 2.05) is 4.72 Å². The normalized spacial score (nSPS) is 19.3. The summed E-state index contributed by atoms with van der Waals surface area (Å²) in [7, 11) is -3.76. The Hall–Kier alpha value is -3.10. The van der Waals surface area contributed by atoms with Crippen LogP contribution in [-0.2, 0) is 27.5 Å². The molecule has 1 amide bonds. The lowest BCUT2D eigenvalue weighted by atomic mass is 9.87. The van der Waals surface area contributed by atoms with Crippen LogP contribution in [0.5, 0.6) is 5.88 Å². The maximum atomic E-state index is 14.3. The zero-order valence-corrected chi connectivity index (χ0v) is 21.6. The molecule has 1 heterocycles. The van der Waals surface area contributed by atoms with Gasteiger partial charge in [-0.25, -0.2) is 17.8 Å². The number of rotatable bonds is 8. The quantitative estimate of drug-likeness (QED) is 0.397. The van der Waals surface area contributed by atoms with Gasteiger partial charge in [0.2, 0.25) is 21.8 Å². The molecule has 39 heavy (non-hydrogen) atoms. The van der Waals surface area contributed by atoms with Gasteiger partial charge in [0.05, 0.1) is 29.3 Å². The van der Waals surface area contributed by atoms with E-state index in [1.165, 1.54) is 13.0 Å². The third kappa shape index (κ3) is 8.19. The molecule has 1 aliphatic carbocycles. The fourth-order valence-corrected chi connectivity index (χ4v) is 4.81. The molecule has 2 N–H and O–H groups in total. The summed E-state index contributed by atoms with van der Waals surface area (Å²) in [6, 6.07) is 4.02. The van der Waals surface area contributed by atoms with E-state index < -0.39 is 75.6 Å². The van der Waals surface area contributed by atoms with Gasteiger partial charge in [-0.2, -0.15) is 26.3 Å². The lowest BCUT2D eigenvalue weighted by Crippen LogP contribution is -2.33. The Morgan fingerprint density at radius 1 is 1.10 bits per heavy atom. The van der Waals surface area contributed by atoms with E-state index in [-0.39, 0.29) is 36.9 Å². The molecule has 1 fully saturated rings. The van der Waals surface area contributed by atoms with Crippen molar-refractivity contribution in [2.45, 2.75) is 63.5 Å². The smallest absolute Gasteiger partial charge is 0.416 e. The van der Waals surface area contributed by atoms with Gasteiger partial charge in [-0.15, -0.1) is 0 Å². The summed E-state index contributed by atoms with van der Waals surface area (Å²) >= 11 is 0. The zero-order valence-electron chi connectivity index (χ0n) is 20.8. The summed E-state index contributed by atoms with van der Waals surface area (Å²) in [5.74, 6) is -4.73. The first kappa shape index (κ1) is 30.4. The van der Waals surface area contributed by atoms with Crippen molar-refractivity contribution in [3.05, 3.63) is 53.0 Å². The van der Waals surface area contributed by atoms with E-state index in [0.29, 0.717) is 6.07 Å². The van der Waals surface area contributed by atoms with Gasteiger partial charge in [0.1, 0.15) is 11.9 Å². The molecule has 1 atom stereocenters. The molecule has 216 valence electrons. The molecular weight excluding hydrogens is 559 g/mol. The number of ether oxygens (including phenoxy) is 1. The highest BCUT2D eigenvalue weighted by Crippen LogP contribution is 2.40. The van der Waals surface area contributed by atoms with Crippen LogP contribution in [0.25, 0.3) is 0 Å². The van der Waals surface area contributed by atoms with Gasteiger partial charge in [-0.3, -0.25) is 9.52 Å². The molecule has 0 aliphatic heterocycles. The zero-order chi connectivity index (χ0) is 29.2. The number of amides is 1. The Labute approximate surface area is 220 Å². The van der Waals surface area contributed by atoms with Crippen molar-refractivity contribution in [1.82, 2.24) is 10.3 Å². The lowest BCUT2D eigenvalue weighted by molar-refractivity contribution is -0.185. The van der Waals surface area contributed by atoms with Crippen molar-refractivity contribution >= 4 is 21.6 Å². The maximum Gasteiger partial charge on any atom is 0.416 e. The maximum absolute atomic E-state index is 14.3. The van der Waals surface area contributed by atoms with Gasteiger partial charge >= 0.3 is 12.4 Å². The van der Waals surface area contributed by atoms with Crippen molar-refractivity contribution < 1.29 is 48.7 Å². The van der Waals surface area contributed by atoms with Crippen LogP contribution in [-0.4, -0.2) is 37.8 Å². The number of aromatic nitrogens is 1. The predicted octanol–water partition coefficient (Wildman–Crippen LogP) is 5.53. The number of carbonyl (C=O) groups excluding carboxylic acids is 1. The summed E-state index contributed by atoms with van der Waals surface area (Å²) < 4.78 is 125. The molecule has 0 radical (unpaired) electrons. The molecular formula is C24H26F7N3O4S. The van der Waals surface area contributed by atoms with Crippen LogP contribution in [0.4, 0.5) is 36.4 Å². The number of hydrogen-bond donors (Lipinski definition) is 2. The largest absolute Gasteiger partial charge is 0.474 e. The second kappa shape index (κ2) is 11.6. The third-order valence-electron chi connectivity index (χ3n) is 6.36. The first-order valence-corrected chi connectivity index (χ1v) is 13.7. The summed E-state index contributed by atoms with van der Waals surface area (Å²) in [4.78, 5) is 16.6. The highest BCUT2D eigenvalue weighted by molar-refractivity contribution is 7.92. The van der Waals surface area contributed by atoms with E-state index in [0.717, 1.165) is 24.6 Å². The van der Waals surface area contributed by atoms with Crippen LogP contribution in [0, 0.1) is 11.7 Å². The van der Waals surface area contributed by atoms with Crippen LogP contribution in [0.3, 0.4) is 0 Å². The van der Waals surface area contributed by atoms with E-state index in [9.17, 15) is 43.9 Å². The van der Waals surface area contributed by atoms with Crippen LogP contribution < -0.4 is 14.8 Å². The second-order valence-electron chi connectivity index (χ2n) is 9.33. The summed E-state index contributed by atoms with van der Waals surface area (Å²) in [6.45, 7) is 0.702. The van der Waals surface area contributed by atoms with Crippen molar-refractivity contribution in [2.75, 3.05) is 11.0 Å². The molecule has 1 aromatic heterocycles. The number of alkyl halides is 6. The fraction of sp³-hybridized carbons (Fsp3) is 0.500. The number of pyridine rings is 1. The van der Waals surface area contributed by atoms with Crippen LogP contribution >= 0.6 is 0 Å². The number of anilines is 1. The van der Waals surface area contributed by atoms with E-state index >= 15 is 0 Å². The summed E-state index contributed by atoms with van der Waals surface area (Å²) in [5, 5.41) is 2.34. The highest BCUT2D eigenvalue weighted by Gasteiger charge is 2.42. The Kier molecular flexibility index (Phi) is 9.02. The third-order valence-corrected chi connectivity index (χ3v) is 6.95. The molecule has 2 aromatic rings. The Morgan fingerprint density at radius 2 is 1.74 bits per heavy atom. The molecule has 0 bridgehead atoms. The first-order chi connectivity index (χ1) is 18.0. The minimum absolute atomic E-state index is 0.0271. The Bertz CT molecular complexity index is 1290. The molecule has 1 unspecified atom stereocenters. The lowest BCUT2D eigenvalue weighted by Gasteiger charge is -2.30. The average Bonchev–Trinajstić information content (AvgIpc) is 2.82. The number of benzene rings is 1. The number of nitrogens with one attached hydrogen (secondary N) is 2. The van der Waals surface area contributed by atoms with Crippen LogP contribution in [0.15, 0.2) is 30.5 Å². The van der Waals surface area contributed by atoms with Crippen molar-refractivity contribution in [1.29, 1.82) is 0 Å². The molecule has 1 aliphatic rings. The molecule has 3 rings (SSSR count). The number of hydrogen-bond acceptors (Lipinski definition) is 5. The van der Waals surface area contributed by atoms with Gasteiger partial charge in [-0.05, 0) is 56.4 Å². The van der Waals surface area contributed by atoms with Gasteiger partial charge in [-0.1, -0.05) is 6.07 Å². The minimum atomic E-state index is -4.84. The monoisotopic (exact) mass is 585 g/mol. The number of halogens is 7. The van der Waals surface area contributed by atoms with Crippen molar-refractivity contribution in [3.8, 4) is 5.88 Å². The average molecular weight is 586 g/mol. The summed E-state index contributed by atoms with van der Waals surface area (Å²) in [5.41, 5.74) is -1.84. The van der Waals surface area contributed by atoms with E-state index in [2.05, 4.69) is 10.3 Å². The molecule has 0 saturated heterocycles. The molecule has 0 spiro atoms. The van der Waals surface area contributed by atoms with E-state index in [4.69, 9.17) is 4.74 Å². The molecule has 1 saturated carbocycles. The number of nitrogens with zero attached hydrogens (tertiary/aromatic N) is 1. The highest BCUT2D eigenvalue weighted by atomic mass is 32.2. The Morgan fingerprint density at radius 3 is 2.28 bits per heavy atom. The Balaban J connectivity index is 1.75. The molecule has 15 heteroatoms. The van der Waals surface area contributed by atoms with Crippen molar-refractivity contribution in [2.24, 2.45) is 5.92 Å². The molecule has 1 aromatic carbocycles. The first-order valence-electron chi connectivity index (χ1n) is 11.8. The standard InChI is InChI=1S/C24H26F7N3O4S/c1-13(14-3-8-20(19(25)11-14)34-39(2,36)37)21(35)33-12-17-18(24(29,30)31)9-10-32-22(17)38-16-6-4-15(5-7-16)23(26,27)28/h3,8-11,13,15-16,34H,4-7,12H2,1-2H3,(H,33,35). The topological polar surface area (TPSA) is 97.4 Å². The van der Waals surface area contributed by atoms with Gasteiger partial charge < -0.3 is 10.1 Å². The summed E-state index contributed by atoms with van der Waals surface area (Å²) in [6.07, 6.45) is -8.81. The molecule has 7 nitrogen and oxygen atoms in total. The van der Waals surface area contributed by atoms with Gasteiger partial charge in [0.25, 0.3) is 0 Å². The van der Waals surface area contributed by atoms with Crippen molar-refractivity contribution in [3.63, 3.8) is 0 Å². The minimum Gasteiger partial charge on any atom is -0.474 e. The number of carbonyl (C=O) groups is 1. The SMILES string of the molecule is CC(C(=O)NCc1c(C(F)(F)F)ccnc1OC1CCC(C(F)(F)F)CC1)c1ccc(NS(C)(=O)=O)c(F)c1. The van der Waals surface area contributed by atoms with E-state index in [1.54, 1.807) is 0 Å². The second-order valence-corrected chi connectivity index (χ2v) is 11.1. The van der Waals surface area contributed by atoms with Crippen LogP contribution in [0.2, 0.25) is 0 Å². The van der Waals surface area contributed by atoms with Crippen LogP contribution in [0.1, 0.15) is 55.2 Å². The van der Waals surface area contributed by atoms with Gasteiger partial charge in [0, 0.05) is 18.3 Å². The van der Waals surface area contributed by atoms with Gasteiger partial charge in [0.15, 0.2) is 0 Å². The number of sulfonamides is 1. The predicted molar refractivity (Wildman–Crippen MR) is 127 cm³/mol. The fourth-order valence-electron chi connectivity index (χ4n) is 4.24.